The van der Waals surface area contributed by atoms with Gasteiger partial charge in [-0.05, 0) is 11.8 Å². The summed E-state index contributed by atoms with van der Waals surface area (Å²) in [4.78, 5) is 0. The smallest absolute Gasteiger partial charge is 0.0414 e. The van der Waals surface area contributed by atoms with Crippen molar-refractivity contribution in [3.8, 4) is 0 Å². The SMILES string of the molecule is CCCCCCCCCCC1CCC(CCCCCCCCC)CC1. The first kappa shape index (κ1) is 23.0. The van der Waals surface area contributed by atoms with Crippen molar-refractivity contribution in [1.29, 1.82) is 0 Å². The van der Waals surface area contributed by atoms with Crippen LogP contribution in [0.3, 0.4) is 0 Å². The molecule has 0 aliphatic heterocycles. The van der Waals surface area contributed by atoms with Gasteiger partial charge in [0.05, 0.1) is 0 Å². The fraction of sp³-hybridized carbons (Fsp3) is 1.00. The Kier molecular flexibility index (Phi) is 16.1. The van der Waals surface area contributed by atoms with E-state index in [0.29, 0.717) is 0 Å². The maximum Gasteiger partial charge on any atom is -0.0414 e. The standard InChI is InChI=1S/C25H50/c1-3-5-7-9-11-13-15-17-19-25-22-20-24(21-23-25)18-16-14-12-10-8-6-4-2/h24-25H,3-23H2,1-2H3. The van der Waals surface area contributed by atoms with Crippen LogP contribution in [0, 0.1) is 11.8 Å². The molecule has 0 radical (unpaired) electrons. The fourth-order valence-corrected chi connectivity index (χ4v) is 4.77. The van der Waals surface area contributed by atoms with Gasteiger partial charge in [0, 0.05) is 0 Å². The molecule has 0 bridgehead atoms. The second-order valence-electron chi connectivity index (χ2n) is 9.06. The van der Waals surface area contributed by atoms with E-state index >= 15 is 0 Å². The van der Waals surface area contributed by atoms with Crippen molar-refractivity contribution in [3.63, 3.8) is 0 Å². The predicted molar refractivity (Wildman–Crippen MR) is 115 cm³/mol. The molecule has 0 aromatic rings. The zero-order chi connectivity index (χ0) is 18.0. The Labute approximate surface area is 160 Å². The average Bonchev–Trinajstić information content (AvgIpc) is 2.64. The van der Waals surface area contributed by atoms with E-state index < -0.39 is 0 Å². The molecule has 0 unspecified atom stereocenters. The van der Waals surface area contributed by atoms with Crippen molar-refractivity contribution in [2.45, 2.75) is 149 Å². The van der Waals surface area contributed by atoms with Crippen LogP contribution in [-0.2, 0) is 0 Å². The summed E-state index contributed by atoms with van der Waals surface area (Å²) in [6, 6.07) is 0. The van der Waals surface area contributed by atoms with Crippen LogP contribution in [0.25, 0.3) is 0 Å². The molecule has 0 aromatic carbocycles. The highest BCUT2D eigenvalue weighted by molar-refractivity contribution is 4.73. The highest BCUT2D eigenvalue weighted by atomic mass is 14.3. The van der Waals surface area contributed by atoms with E-state index in [1.807, 2.05) is 0 Å². The van der Waals surface area contributed by atoms with Gasteiger partial charge in [-0.15, -0.1) is 0 Å². The van der Waals surface area contributed by atoms with Crippen LogP contribution >= 0.6 is 0 Å². The monoisotopic (exact) mass is 350 g/mol. The maximum atomic E-state index is 2.31. The lowest BCUT2D eigenvalue weighted by atomic mass is 9.78. The summed E-state index contributed by atoms with van der Waals surface area (Å²) >= 11 is 0. The topological polar surface area (TPSA) is 0 Å². The third-order valence-corrected chi connectivity index (χ3v) is 6.65. The minimum absolute atomic E-state index is 1.09. The molecule has 0 N–H and O–H groups in total. The summed E-state index contributed by atoms with van der Waals surface area (Å²) in [7, 11) is 0. The predicted octanol–water partition coefficient (Wildman–Crippen LogP) is 9.46. The molecular formula is C25H50. The van der Waals surface area contributed by atoms with Gasteiger partial charge in [-0.2, -0.15) is 0 Å². The molecule has 25 heavy (non-hydrogen) atoms. The van der Waals surface area contributed by atoms with E-state index in [2.05, 4.69) is 13.8 Å². The summed E-state index contributed by atoms with van der Waals surface area (Å²) in [6.45, 7) is 4.62. The third kappa shape index (κ3) is 13.8. The lowest BCUT2D eigenvalue weighted by Gasteiger charge is -2.28. The summed E-state index contributed by atoms with van der Waals surface area (Å²) in [5.74, 6) is 2.18. The normalized spacial score (nSPS) is 20.9. The second kappa shape index (κ2) is 17.4. The zero-order valence-corrected chi connectivity index (χ0v) is 18.0. The summed E-state index contributed by atoms with van der Waals surface area (Å²) in [5, 5.41) is 0. The van der Waals surface area contributed by atoms with Gasteiger partial charge in [0.1, 0.15) is 0 Å². The lowest BCUT2D eigenvalue weighted by molar-refractivity contribution is 0.244. The first-order valence-corrected chi connectivity index (χ1v) is 12.4. The van der Waals surface area contributed by atoms with Gasteiger partial charge in [-0.1, -0.05) is 149 Å². The molecule has 0 amide bonds. The van der Waals surface area contributed by atoms with Crippen molar-refractivity contribution < 1.29 is 0 Å². The van der Waals surface area contributed by atoms with Crippen molar-refractivity contribution in [3.05, 3.63) is 0 Å². The largest absolute Gasteiger partial charge is 0.0654 e. The average molecular weight is 351 g/mol. The van der Waals surface area contributed by atoms with Crippen molar-refractivity contribution in [2.75, 3.05) is 0 Å². The van der Waals surface area contributed by atoms with E-state index in [1.54, 1.807) is 32.1 Å². The summed E-state index contributed by atoms with van der Waals surface area (Å²) in [6.07, 6.45) is 31.4. The first-order valence-electron chi connectivity index (χ1n) is 12.4. The molecule has 1 saturated carbocycles. The molecule has 1 aliphatic carbocycles. The van der Waals surface area contributed by atoms with E-state index in [1.165, 1.54) is 103 Å². The molecule has 0 heteroatoms. The molecule has 150 valence electrons. The molecule has 1 fully saturated rings. The molecular weight excluding hydrogens is 300 g/mol. The molecule has 0 saturated heterocycles. The van der Waals surface area contributed by atoms with E-state index in [9.17, 15) is 0 Å². The van der Waals surface area contributed by atoms with E-state index in [-0.39, 0.29) is 0 Å². The highest BCUT2D eigenvalue weighted by Crippen LogP contribution is 2.34. The van der Waals surface area contributed by atoms with Gasteiger partial charge in [0.2, 0.25) is 0 Å². The van der Waals surface area contributed by atoms with Gasteiger partial charge >= 0.3 is 0 Å². The molecule has 0 aromatic heterocycles. The van der Waals surface area contributed by atoms with Crippen LogP contribution in [-0.4, -0.2) is 0 Å². The Morgan fingerprint density at radius 2 is 0.680 bits per heavy atom. The second-order valence-corrected chi connectivity index (χ2v) is 9.06. The Hall–Kier alpha value is 0. The van der Waals surface area contributed by atoms with Gasteiger partial charge in [-0.25, -0.2) is 0 Å². The number of hydrogen-bond donors (Lipinski definition) is 0. The third-order valence-electron chi connectivity index (χ3n) is 6.65. The van der Waals surface area contributed by atoms with Crippen molar-refractivity contribution in [1.82, 2.24) is 0 Å². The van der Waals surface area contributed by atoms with Gasteiger partial charge < -0.3 is 0 Å². The molecule has 0 nitrogen and oxygen atoms in total. The first-order chi connectivity index (χ1) is 12.4. The Balaban J connectivity index is 1.84. The van der Waals surface area contributed by atoms with Crippen LogP contribution in [0.1, 0.15) is 149 Å². The van der Waals surface area contributed by atoms with Gasteiger partial charge in [-0.3, -0.25) is 0 Å². The van der Waals surface area contributed by atoms with Crippen LogP contribution in [0.15, 0.2) is 0 Å². The molecule has 1 rings (SSSR count). The lowest BCUT2D eigenvalue weighted by Crippen LogP contribution is -2.14. The van der Waals surface area contributed by atoms with Gasteiger partial charge in [0.15, 0.2) is 0 Å². The van der Waals surface area contributed by atoms with E-state index in [0.717, 1.165) is 11.8 Å². The number of unbranched alkanes of at least 4 members (excludes halogenated alkanes) is 13. The summed E-state index contributed by atoms with van der Waals surface area (Å²) in [5.41, 5.74) is 0. The van der Waals surface area contributed by atoms with Crippen LogP contribution in [0.2, 0.25) is 0 Å². The Morgan fingerprint density at radius 3 is 1.00 bits per heavy atom. The quantitative estimate of drug-likeness (QED) is 0.229. The fourth-order valence-electron chi connectivity index (χ4n) is 4.77. The zero-order valence-electron chi connectivity index (χ0n) is 18.0. The molecule has 0 spiro atoms. The maximum absolute atomic E-state index is 2.31. The van der Waals surface area contributed by atoms with Crippen LogP contribution in [0.4, 0.5) is 0 Å². The minimum atomic E-state index is 1.09. The molecule has 0 atom stereocenters. The number of hydrogen-bond acceptors (Lipinski definition) is 0. The van der Waals surface area contributed by atoms with Crippen LogP contribution in [0.5, 0.6) is 0 Å². The van der Waals surface area contributed by atoms with E-state index in [4.69, 9.17) is 0 Å². The Morgan fingerprint density at radius 1 is 0.400 bits per heavy atom. The van der Waals surface area contributed by atoms with Gasteiger partial charge in [0.25, 0.3) is 0 Å². The number of rotatable bonds is 17. The minimum Gasteiger partial charge on any atom is -0.0654 e. The molecule has 1 aliphatic rings. The Bertz CT molecular complexity index is 249. The molecule has 0 heterocycles. The van der Waals surface area contributed by atoms with Crippen LogP contribution < -0.4 is 0 Å². The van der Waals surface area contributed by atoms with Crippen molar-refractivity contribution >= 4 is 0 Å². The highest BCUT2D eigenvalue weighted by Gasteiger charge is 2.20. The summed E-state index contributed by atoms with van der Waals surface area (Å²) < 4.78 is 0. The van der Waals surface area contributed by atoms with Crippen molar-refractivity contribution in [2.24, 2.45) is 11.8 Å².